The summed E-state index contributed by atoms with van der Waals surface area (Å²) < 4.78 is 1.21. The standard InChI is InChI=1S/C20H21BN2OS2/c1-25-19-5-4-18(26-19)20(24)13-7-10-23(11-8-13)17-6-9-22-16-3-2-14(21)12-15(16)17/h2-6,9,12-13H,7-8,10-11,21H2,1H3. The maximum absolute atomic E-state index is 12.8. The molecule has 3 aromatic rings. The second-order valence-corrected chi connectivity index (χ2v) is 8.99. The molecule has 0 unspecified atom stereocenters. The second kappa shape index (κ2) is 7.45. The highest BCUT2D eigenvalue weighted by Gasteiger charge is 2.27. The number of thioether (sulfide) groups is 1. The van der Waals surface area contributed by atoms with Gasteiger partial charge in [-0.05, 0) is 43.4 Å². The SMILES string of the molecule is Bc1ccc2nccc(N3CCC(C(=O)c4ccc(SC)s4)CC3)c2c1. The minimum Gasteiger partial charge on any atom is -0.371 e. The summed E-state index contributed by atoms with van der Waals surface area (Å²) in [5.74, 6) is 0.472. The van der Waals surface area contributed by atoms with Crippen LogP contribution in [0.2, 0.25) is 0 Å². The Labute approximate surface area is 163 Å². The molecule has 0 spiro atoms. The summed E-state index contributed by atoms with van der Waals surface area (Å²) in [5.41, 5.74) is 3.53. The third kappa shape index (κ3) is 3.40. The van der Waals surface area contributed by atoms with Crippen molar-refractivity contribution in [3.8, 4) is 0 Å². The van der Waals surface area contributed by atoms with Gasteiger partial charge in [-0.3, -0.25) is 9.78 Å². The fourth-order valence-corrected chi connectivity index (χ4v) is 5.23. The van der Waals surface area contributed by atoms with E-state index >= 15 is 0 Å². The van der Waals surface area contributed by atoms with Gasteiger partial charge in [0.05, 0.1) is 14.6 Å². The number of aromatic nitrogens is 1. The number of benzene rings is 1. The van der Waals surface area contributed by atoms with Crippen molar-refractivity contribution >= 4 is 58.8 Å². The monoisotopic (exact) mass is 380 g/mol. The number of thiophene rings is 1. The minimum atomic E-state index is 0.148. The lowest BCUT2D eigenvalue weighted by molar-refractivity contribution is 0.0905. The van der Waals surface area contributed by atoms with Crippen molar-refractivity contribution in [3.05, 3.63) is 47.5 Å². The first kappa shape index (κ1) is 17.6. The van der Waals surface area contributed by atoms with Crippen LogP contribution >= 0.6 is 23.1 Å². The van der Waals surface area contributed by atoms with Crippen molar-refractivity contribution < 1.29 is 4.79 Å². The maximum Gasteiger partial charge on any atom is 0.176 e. The van der Waals surface area contributed by atoms with Gasteiger partial charge in [0.2, 0.25) is 0 Å². The lowest BCUT2D eigenvalue weighted by Gasteiger charge is -2.33. The smallest absolute Gasteiger partial charge is 0.176 e. The molecule has 2 aromatic heterocycles. The van der Waals surface area contributed by atoms with E-state index in [1.54, 1.807) is 23.1 Å². The van der Waals surface area contributed by atoms with E-state index in [-0.39, 0.29) is 5.92 Å². The molecule has 132 valence electrons. The number of rotatable bonds is 4. The van der Waals surface area contributed by atoms with Crippen LogP contribution in [0.5, 0.6) is 0 Å². The molecule has 0 atom stereocenters. The highest BCUT2D eigenvalue weighted by Crippen LogP contribution is 2.32. The van der Waals surface area contributed by atoms with Crippen LogP contribution in [0.25, 0.3) is 10.9 Å². The van der Waals surface area contributed by atoms with E-state index in [2.05, 4.69) is 54.3 Å². The van der Waals surface area contributed by atoms with Crippen LogP contribution in [-0.4, -0.2) is 38.0 Å². The van der Waals surface area contributed by atoms with E-state index < -0.39 is 0 Å². The first-order valence-electron chi connectivity index (χ1n) is 8.94. The van der Waals surface area contributed by atoms with Gasteiger partial charge in [-0.25, -0.2) is 0 Å². The van der Waals surface area contributed by atoms with Crippen LogP contribution in [0.1, 0.15) is 22.5 Å². The van der Waals surface area contributed by atoms with Gasteiger partial charge in [-0.2, -0.15) is 0 Å². The number of fused-ring (bicyclic) bond motifs is 1. The average molecular weight is 380 g/mol. The molecular formula is C20H21BN2OS2. The average Bonchev–Trinajstić information content (AvgIpc) is 3.16. The molecule has 1 aromatic carbocycles. The first-order valence-corrected chi connectivity index (χ1v) is 11.0. The molecule has 4 rings (SSSR count). The van der Waals surface area contributed by atoms with Crippen molar-refractivity contribution in [2.24, 2.45) is 5.92 Å². The van der Waals surface area contributed by atoms with E-state index in [4.69, 9.17) is 0 Å². The number of anilines is 1. The Morgan fingerprint density at radius 3 is 2.77 bits per heavy atom. The summed E-state index contributed by atoms with van der Waals surface area (Å²) in [5, 5.41) is 1.21. The summed E-state index contributed by atoms with van der Waals surface area (Å²) in [7, 11) is 2.12. The van der Waals surface area contributed by atoms with E-state index in [0.717, 1.165) is 36.3 Å². The molecule has 0 saturated carbocycles. The Morgan fingerprint density at radius 1 is 1.23 bits per heavy atom. The first-order chi connectivity index (χ1) is 12.7. The van der Waals surface area contributed by atoms with Gasteiger partial charge in [0.1, 0.15) is 7.85 Å². The van der Waals surface area contributed by atoms with Gasteiger partial charge >= 0.3 is 0 Å². The summed E-state index contributed by atoms with van der Waals surface area (Å²) in [4.78, 5) is 20.6. The Balaban J connectivity index is 1.50. The van der Waals surface area contributed by atoms with Gasteiger partial charge < -0.3 is 4.90 Å². The molecule has 6 heteroatoms. The minimum absolute atomic E-state index is 0.148. The second-order valence-electron chi connectivity index (χ2n) is 6.80. The van der Waals surface area contributed by atoms with Crippen molar-refractivity contribution in [1.82, 2.24) is 4.98 Å². The summed E-state index contributed by atoms with van der Waals surface area (Å²) in [6.07, 6.45) is 5.78. The number of nitrogens with zero attached hydrogens (tertiary/aromatic N) is 2. The van der Waals surface area contributed by atoms with Gasteiger partial charge in [-0.15, -0.1) is 23.1 Å². The number of pyridine rings is 1. The number of carbonyl (C=O) groups is 1. The van der Waals surface area contributed by atoms with Crippen LogP contribution in [-0.2, 0) is 0 Å². The normalized spacial score (nSPS) is 15.5. The quantitative estimate of drug-likeness (QED) is 0.395. The molecule has 1 aliphatic heterocycles. The highest BCUT2D eigenvalue weighted by atomic mass is 32.2. The Kier molecular flexibility index (Phi) is 5.05. The van der Waals surface area contributed by atoms with E-state index in [0.29, 0.717) is 5.78 Å². The molecule has 3 heterocycles. The lowest BCUT2D eigenvalue weighted by atomic mass is 9.90. The predicted molar refractivity (Wildman–Crippen MR) is 115 cm³/mol. The zero-order valence-electron chi connectivity index (χ0n) is 15.1. The molecule has 0 bridgehead atoms. The zero-order valence-corrected chi connectivity index (χ0v) is 16.7. The van der Waals surface area contributed by atoms with Crippen molar-refractivity contribution in [1.29, 1.82) is 0 Å². The van der Waals surface area contributed by atoms with Crippen LogP contribution < -0.4 is 10.4 Å². The van der Waals surface area contributed by atoms with E-state index in [1.807, 2.05) is 12.3 Å². The van der Waals surface area contributed by atoms with Crippen LogP contribution in [0.4, 0.5) is 5.69 Å². The topological polar surface area (TPSA) is 33.2 Å². The van der Waals surface area contributed by atoms with Crippen molar-refractivity contribution in [2.75, 3.05) is 24.2 Å². The Bertz CT molecular complexity index is 948. The lowest BCUT2D eigenvalue weighted by Crippen LogP contribution is -2.36. The largest absolute Gasteiger partial charge is 0.371 e. The predicted octanol–water partition coefficient (Wildman–Crippen LogP) is 3.38. The molecule has 0 N–H and O–H groups in total. The number of ketones is 1. The zero-order chi connectivity index (χ0) is 18.1. The molecular weight excluding hydrogens is 359 g/mol. The summed E-state index contributed by atoms with van der Waals surface area (Å²) >= 11 is 3.33. The molecule has 1 aliphatic rings. The van der Waals surface area contributed by atoms with Gasteiger partial charge in [-0.1, -0.05) is 17.6 Å². The van der Waals surface area contributed by atoms with Crippen LogP contribution in [0, 0.1) is 5.92 Å². The summed E-state index contributed by atoms with van der Waals surface area (Å²) in [6, 6.07) is 12.6. The maximum atomic E-state index is 12.8. The summed E-state index contributed by atoms with van der Waals surface area (Å²) in [6.45, 7) is 1.84. The number of hydrogen-bond acceptors (Lipinski definition) is 5. The van der Waals surface area contributed by atoms with Gasteiger partial charge in [0, 0.05) is 36.3 Å². The molecule has 1 fully saturated rings. The third-order valence-corrected chi connectivity index (χ3v) is 7.29. The van der Waals surface area contributed by atoms with Crippen molar-refractivity contribution in [2.45, 2.75) is 17.1 Å². The highest BCUT2D eigenvalue weighted by molar-refractivity contribution is 8.00. The third-order valence-electron chi connectivity index (χ3n) is 5.11. The van der Waals surface area contributed by atoms with Crippen LogP contribution in [0.3, 0.4) is 0 Å². The Morgan fingerprint density at radius 2 is 2.04 bits per heavy atom. The number of hydrogen-bond donors (Lipinski definition) is 0. The fourth-order valence-electron chi connectivity index (χ4n) is 3.67. The molecule has 1 saturated heterocycles. The number of piperidine rings is 1. The fraction of sp³-hybridized carbons (Fsp3) is 0.300. The molecule has 26 heavy (non-hydrogen) atoms. The van der Waals surface area contributed by atoms with E-state index in [1.165, 1.54) is 20.7 Å². The molecule has 3 nitrogen and oxygen atoms in total. The number of Topliss-reactive ketones (excluding diaryl/α,β-unsaturated/α-hetero) is 1. The van der Waals surface area contributed by atoms with Crippen LogP contribution in [0.15, 0.2) is 46.8 Å². The molecule has 0 radical (unpaired) electrons. The van der Waals surface area contributed by atoms with Crippen molar-refractivity contribution in [3.63, 3.8) is 0 Å². The number of carbonyl (C=O) groups excluding carboxylic acids is 1. The Hall–Kier alpha value is -1.79. The molecule has 0 amide bonds. The van der Waals surface area contributed by atoms with Gasteiger partial charge in [0.25, 0.3) is 0 Å². The molecule has 0 aliphatic carbocycles. The van der Waals surface area contributed by atoms with E-state index in [9.17, 15) is 4.79 Å². The van der Waals surface area contributed by atoms with Gasteiger partial charge in [0.15, 0.2) is 5.78 Å².